The number of benzene rings is 2. The number of hydrogen-bond donors (Lipinski definition) is 2. The van der Waals surface area contributed by atoms with E-state index in [9.17, 15) is 13.5 Å². The van der Waals surface area contributed by atoms with Crippen molar-refractivity contribution in [2.75, 3.05) is 59.1 Å². The van der Waals surface area contributed by atoms with E-state index in [1.807, 2.05) is 56.8 Å². The third-order valence-corrected chi connectivity index (χ3v) is 12.6. The van der Waals surface area contributed by atoms with Gasteiger partial charge >= 0.3 is 103 Å². The van der Waals surface area contributed by atoms with Crippen LogP contribution in [0.3, 0.4) is 0 Å². The van der Waals surface area contributed by atoms with Gasteiger partial charge in [-0.3, -0.25) is 18.5 Å². The summed E-state index contributed by atoms with van der Waals surface area (Å²) in [5.41, 5.74) is 10.6. The van der Waals surface area contributed by atoms with Gasteiger partial charge in [-0.15, -0.1) is 10.2 Å². The van der Waals surface area contributed by atoms with Gasteiger partial charge in [-0.05, 0) is 117 Å². The standard InChI is InChI=1S/C17H18BrClN5O2P.C13H18N3O2P.C4HBrCl2N2.CH3F.CH2O3.2K.H/c1-24-9-11(16(23-24)26-2)10-5-6-13(14(7-10)27(3,4)25)21-15-12(18)8-20-17(19)22-15;1-16-8-10(13(15-16)18-2)9-5-6-11(14)12(7-9)19(3,4)17;5-2-1-8-4(7)9-3(2)6;1-2;2-1-4-3;;;/h5-9H,1-4H3,(H,20,21,22);5-8H,14H2,1-4H3;1H;1H3;1,3H;;;/q;;;;;2*+1;-1/p-1/i;;;1D;;;;. The minimum atomic E-state index is -2.61. The number of halogens is 6. The Labute approximate surface area is 484 Å². The van der Waals surface area contributed by atoms with Crippen LogP contribution in [0, 0.1) is 0 Å². The fraction of sp³-hybridized carbons (Fsp3) is 0.250. The first-order chi connectivity index (χ1) is 29.0. The van der Waals surface area contributed by atoms with Crippen molar-refractivity contribution in [3.05, 3.63) is 85.9 Å². The number of nitrogens with zero attached hydrogens (tertiary/aromatic N) is 8. The monoisotopic (exact) mass is 1150 g/mol. The van der Waals surface area contributed by atoms with Crippen LogP contribution in [0.25, 0.3) is 22.3 Å². The minimum Gasteiger partial charge on any atom is -1.00 e. The molecule has 0 aliphatic heterocycles. The van der Waals surface area contributed by atoms with Crippen LogP contribution in [0.4, 0.5) is 21.6 Å². The van der Waals surface area contributed by atoms with E-state index in [4.69, 9.17) is 61.4 Å². The van der Waals surface area contributed by atoms with E-state index in [-0.39, 0.29) is 121 Å². The molecule has 63 heavy (non-hydrogen) atoms. The molecule has 6 aromatic rings. The number of nitrogens with two attached hydrogens (primary N) is 1. The van der Waals surface area contributed by atoms with Crippen LogP contribution in [-0.4, -0.2) is 94.0 Å². The number of aromatic nitrogens is 8. The van der Waals surface area contributed by atoms with Gasteiger partial charge in [0.25, 0.3) is 6.47 Å². The third kappa shape index (κ3) is 19.7. The van der Waals surface area contributed by atoms with Gasteiger partial charge in [0.15, 0.2) is 0 Å². The Bertz CT molecular complexity index is 2550. The van der Waals surface area contributed by atoms with Crippen LogP contribution in [0.15, 0.2) is 70.1 Å². The molecule has 2 aromatic carbocycles. The average Bonchev–Trinajstić information content (AvgIpc) is 3.79. The normalized spacial score (nSPS) is 10.4. The number of nitrogens with one attached hydrogen (secondary N) is 1. The molecule has 17 nitrogen and oxygen atoms in total. The first-order valence-corrected chi connectivity index (χ1v) is 24.6. The van der Waals surface area contributed by atoms with Crippen LogP contribution < -0.4 is 139 Å². The molecule has 0 aliphatic carbocycles. The maximum atomic E-state index is 13.0. The number of nitrogen functional groups attached to an aromatic ring is 1. The number of methoxy groups -OCH3 is 2. The van der Waals surface area contributed by atoms with E-state index < -0.39 is 21.4 Å². The van der Waals surface area contributed by atoms with Crippen molar-refractivity contribution in [2.24, 2.45) is 14.1 Å². The van der Waals surface area contributed by atoms with E-state index in [2.05, 4.69) is 72.2 Å². The smallest absolute Gasteiger partial charge is 1.00 e. The van der Waals surface area contributed by atoms with Crippen LogP contribution in [-0.2, 0) is 32.9 Å². The van der Waals surface area contributed by atoms with Crippen LogP contribution in [0.5, 0.6) is 11.8 Å². The molecular weight excluding hydrogens is 1110 g/mol. The Kier molecular flexibility index (Phi) is 28.5. The third-order valence-electron chi connectivity index (χ3n) is 7.47. The van der Waals surface area contributed by atoms with Gasteiger partial charge in [-0.1, -0.05) is 23.7 Å². The minimum absolute atomic E-state index is 0. The summed E-state index contributed by atoms with van der Waals surface area (Å²) in [6.07, 6.45) is 6.79. The first-order valence-electron chi connectivity index (χ1n) is 17.4. The molecule has 27 heteroatoms. The van der Waals surface area contributed by atoms with E-state index in [1.165, 1.54) is 6.20 Å². The number of anilines is 3. The molecule has 0 unspecified atom stereocenters. The van der Waals surface area contributed by atoms with Gasteiger partial charge in [-0.25, -0.2) is 15.0 Å². The van der Waals surface area contributed by atoms with Crippen molar-refractivity contribution in [1.29, 1.82) is 0 Å². The Morgan fingerprint density at radius 2 is 1.27 bits per heavy atom. The fourth-order valence-electron chi connectivity index (χ4n) is 4.95. The van der Waals surface area contributed by atoms with Crippen LogP contribution in [0.2, 0.25) is 15.7 Å². The maximum Gasteiger partial charge on any atom is 1.00 e. The molecule has 332 valence electrons. The first kappa shape index (κ1) is 60.2. The van der Waals surface area contributed by atoms with Crippen molar-refractivity contribution >= 4 is 115 Å². The summed E-state index contributed by atoms with van der Waals surface area (Å²) in [5.74, 6) is 1.55. The number of rotatable bonds is 9. The van der Waals surface area contributed by atoms with Crippen LogP contribution in [0.1, 0.15) is 2.80 Å². The molecular formula is C36H42Br2Cl3FK2N10O7P2. The predicted molar refractivity (Wildman–Crippen MR) is 246 cm³/mol. The molecule has 0 fully saturated rings. The van der Waals surface area contributed by atoms with Gasteiger partial charge < -0.3 is 41.2 Å². The largest absolute Gasteiger partial charge is 1.00 e. The van der Waals surface area contributed by atoms with Crippen molar-refractivity contribution < 1.29 is 144 Å². The van der Waals surface area contributed by atoms with Crippen molar-refractivity contribution in [3.8, 4) is 34.0 Å². The zero-order valence-electron chi connectivity index (χ0n) is 37.7. The van der Waals surface area contributed by atoms with Gasteiger partial charge in [0, 0.05) is 55.2 Å². The molecule has 0 spiro atoms. The summed E-state index contributed by atoms with van der Waals surface area (Å²) >= 11 is 23.3. The summed E-state index contributed by atoms with van der Waals surface area (Å²) < 4.78 is 56.0. The number of carbonyl (C=O) groups excluding carboxylic acids is 1. The molecule has 0 bridgehead atoms. The number of aryl methyl sites for hydroxylation is 2. The Hall–Kier alpha value is -0.857. The summed E-state index contributed by atoms with van der Waals surface area (Å²) in [6.45, 7) is 6.69. The van der Waals surface area contributed by atoms with E-state index in [1.54, 1.807) is 62.5 Å². The molecule has 0 saturated heterocycles. The van der Waals surface area contributed by atoms with E-state index >= 15 is 0 Å². The predicted octanol–water partition coefficient (Wildman–Crippen LogP) is 1.91. The Balaban J connectivity index is 0. The van der Waals surface area contributed by atoms with Crippen molar-refractivity contribution in [2.45, 2.75) is 0 Å². The Morgan fingerprint density at radius 3 is 1.68 bits per heavy atom. The van der Waals surface area contributed by atoms with Gasteiger partial charge in [0.2, 0.25) is 22.3 Å². The molecule has 0 radical (unpaired) electrons. The number of ether oxygens (including phenoxy) is 2. The second-order valence-corrected chi connectivity index (χ2v) is 21.7. The SMILES string of the molecule is COc1nn(C)cc1-c1ccc(N)c(P(C)(C)=O)c1.COc1nn(C)cc1-c1ccc(Nc2nc(Cl)ncc2Br)c(P(C)(C)=O)c1.Clc1ncc(Br)c(Cl)n1.O=CO[O-].[2H]CF.[H-].[K+].[K+]. The number of alkyl halides is 1. The molecule has 6 rings (SSSR count). The summed E-state index contributed by atoms with van der Waals surface area (Å²) in [4.78, 5) is 26.7. The average molecular weight is 1150 g/mol. The van der Waals surface area contributed by atoms with E-state index in [0.717, 1.165) is 22.3 Å². The molecule has 0 atom stereocenters. The quantitative estimate of drug-likeness (QED) is 0.0308. The molecule has 4 heterocycles. The summed E-state index contributed by atoms with van der Waals surface area (Å²) in [6, 6.07) is 11.2. The molecule has 4 aromatic heterocycles. The zero-order valence-corrected chi connectivity index (χ0v) is 49.2. The number of carbonyl (C=O) groups is 1. The second-order valence-electron chi connectivity index (χ2n) is 12.6. The molecule has 0 saturated carbocycles. The zero-order chi connectivity index (χ0) is 46.9. The Morgan fingerprint density at radius 1 is 0.841 bits per heavy atom. The fourth-order valence-corrected chi connectivity index (χ4v) is 8.18. The molecule has 0 aliphatic rings. The number of hydrogen-bond acceptors (Lipinski definition) is 15. The van der Waals surface area contributed by atoms with Crippen molar-refractivity contribution in [1.82, 2.24) is 39.5 Å². The molecule has 3 N–H and O–H groups in total. The van der Waals surface area contributed by atoms with E-state index in [0.29, 0.717) is 53.7 Å². The molecule has 0 amide bonds. The topological polar surface area (TPSA) is 227 Å². The van der Waals surface area contributed by atoms with Crippen molar-refractivity contribution in [3.63, 3.8) is 0 Å². The summed E-state index contributed by atoms with van der Waals surface area (Å²) in [5, 5.41) is 22.1. The summed E-state index contributed by atoms with van der Waals surface area (Å²) in [7, 11) is 0.783. The van der Waals surface area contributed by atoms with Gasteiger partial charge in [0.05, 0.1) is 48.5 Å². The maximum absolute atomic E-state index is 13.0. The van der Waals surface area contributed by atoms with Gasteiger partial charge in [0.1, 0.15) is 25.3 Å². The van der Waals surface area contributed by atoms with Gasteiger partial charge in [-0.2, -0.15) is 4.98 Å². The second kappa shape index (κ2) is 29.8. The van der Waals surface area contributed by atoms with Crippen LogP contribution >= 0.6 is 80.9 Å².